The van der Waals surface area contributed by atoms with Gasteiger partial charge >= 0.3 is 0 Å². The lowest BCUT2D eigenvalue weighted by atomic mass is 10.1. The fraction of sp³-hybridized carbons (Fsp3) is 0.250. The summed E-state index contributed by atoms with van der Waals surface area (Å²) in [5.74, 6) is 0.182. The molecule has 24 heavy (non-hydrogen) atoms. The van der Waals surface area contributed by atoms with Crippen molar-refractivity contribution in [2.75, 3.05) is 31.1 Å². The lowest BCUT2D eigenvalue weighted by Crippen LogP contribution is -2.48. The molecule has 0 saturated carbocycles. The van der Waals surface area contributed by atoms with Gasteiger partial charge in [0.25, 0.3) is 5.91 Å². The first-order valence-electron chi connectivity index (χ1n) is 8.31. The molecule has 1 aliphatic rings. The Balaban J connectivity index is 1.51. The van der Waals surface area contributed by atoms with Gasteiger partial charge in [0, 0.05) is 36.6 Å². The molecular weight excluding hydrogens is 316 g/mol. The van der Waals surface area contributed by atoms with Gasteiger partial charge in [-0.15, -0.1) is 11.3 Å². The average molecular weight is 336 g/mol. The molecule has 2 aromatic carbocycles. The second-order valence-electron chi connectivity index (χ2n) is 6.17. The second-order valence-corrected chi connectivity index (χ2v) is 7.22. The van der Waals surface area contributed by atoms with Crippen LogP contribution in [0.15, 0.2) is 54.6 Å². The molecule has 0 aliphatic carbocycles. The van der Waals surface area contributed by atoms with Gasteiger partial charge in [-0.05, 0) is 36.1 Å². The number of thiophene rings is 1. The minimum absolute atomic E-state index is 0.182. The topological polar surface area (TPSA) is 23.6 Å². The molecule has 2 heterocycles. The van der Waals surface area contributed by atoms with E-state index in [4.69, 9.17) is 0 Å². The molecule has 1 saturated heterocycles. The van der Waals surface area contributed by atoms with Crippen LogP contribution in [0.3, 0.4) is 0 Å². The number of fused-ring (bicyclic) bond motifs is 1. The summed E-state index contributed by atoms with van der Waals surface area (Å²) >= 11 is 1.62. The maximum atomic E-state index is 13.0. The zero-order valence-electron chi connectivity index (χ0n) is 13.7. The standard InChI is InChI=1S/C20H20N2OS/c1-15-17-9-5-6-10-18(17)24-19(15)20(23)22-13-11-21(12-14-22)16-7-3-2-4-8-16/h2-10H,11-14H2,1H3. The third-order valence-corrected chi connectivity index (χ3v) is 5.99. The number of benzene rings is 2. The third-order valence-electron chi connectivity index (χ3n) is 4.73. The highest BCUT2D eigenvalue weighted by Gasteiger charge is 2.25. The van der Waals surface area contributed by atoms with Gasteiger partial charge in [0.05, 0.1) is 4.88 Å². The summed E-state index contributed by atoms with van der Waals surface area (Å²) in [5, 5.41) is 1.20. The first kappa shape index (κ1) is 15.2. The molecule has 0 bridgehead atoms. The maximum Gasteiger partial charge on any atom is 0.264 e. The number of hydrogen-bond acceptors (Lipinski definition) is 3. The van der Waals surface area contributed by atoms with E-state index in [1.165, 1.54) is 15.8 Å². The third kappa shape index (κ3) is 2.67. The van der Waals surface area contributed by atoms with Crippen molar-refractivity contribution in [1.82, 2.24) is 4.90 Å². The Kier molecular flexibility index (Phi) is 3.98. The van der Waals surface area contributed by atoms with Gasteiger partial charge in [0.1, 0.15) is 0 Å². The molecule has 1 amide bonds. The number of aryl methyl sites for hydroxylation is 1. The molecule has 1 aliphatic heterocycles. The fourth-order valence-corrected chi connectivity index (χ4v) is 4.51. The average Bonchev–Trinajstić information content (AvgIpc) is 2.99. The molecular formula is C20H20N2OS. The second kappa shape index (κ2) is 6.29. The molecule has 0 spiro atoms. The van der Waals surface area contributed by atoms with Gasteiger partial charge in [-0.25, -0.2) is 0 Å². The van der Waals surface area contributed by atoms with Gasteiger partial charge in [0.15, 0.2) is 0 Å². The van der Waals surface area contributed by atoms with E-state index in [0.717, 1.165) is 36.6 Å². The van der Waals surface area contributed by atoms with Crippen LogP contribution in [0.1, 0.15) is 15.2 Å². The normalized spacial score (nSPS) is 15.0. The van der Waals surface area contributed by atoms with Crippen molar-refractivity contribution in [2.24, 2.45) is 0 Å². The van der Waals surface area contributed by atoms with Gasteiger partial charge in [-0.1, -0.05) is 36.4 Å². The van der Waals surface area contributed by atoms with Crippen LogP contribution in [-0.2, 0) is 0 Å². The Labute approximate surface area is 146 Å². The van der Waals surface area contributed by atoms with Crippen molar-refractivity contribution >= 4 is 33.0 Å². The first-order chi connectivity index (χ1) is 11.7. The molecule has 4 rings (SSSR count). The number of piperazine rings is 1. The summed E-state index contributed by atoms with van der Waals surface area (Å²) < 4.78 is 1.20. The zero-order valence-corrected chi connectivity index (χ0v) is 14.6. The largest absolute Gasteiger partial charge is 0.368 e. The summed E-state index contributed by atoms with van der Waals surface area (Å²) in [6.07, 6.45) is 0. The number of anilines is 1. The molecule has 3 nitrogen and oxygen atoms in total. The van der Waals surface area contributed by atoms with E-state index >= 15 is 0 Å². The summed E-state index contributed by atoms with van der Waals surface area (Å²) in [4.78, 5) is 18.2. The Morgan fingerprint density at radius 3 is 2.29 bits per heavy atom. The van der Waals surface area contributed by atoms with Crippen LogP contribution >= 0.6 is 11.3 Å². The van der Waals surface area contributed by atoms with E-state index in [2.05, 4.69) is 48.2 Å². The minimum Gasteiger partial charge on any atom is -0.368 e. The Morgan fingerprint density at radius 1 is 0.917 bits per heavy atom. The summed E-state index contributed by atoms with van der Waals surface area (Å²) in [6.45, 7) is 5.40. The smallest absolute Gasteiger partial charge is 0.264 e. The number of nitrogens with zero attached hydrogens (tertiary/aromatic N) is 2. The highest BCUT2D eigenvalue weighted by Crippen LogP contribution is 2.31. The quantitative estimate of drug-likeness (QED) is 0.701. The number of para-hydroxylation sites is 1. The Bertz CT molecular complexity index is 864. The van der Waals surface area contributed by atoms with Gasteiger partial charge in [0.2, 0.25) is 0 Å². The van der Waals surface area contributed by atoms with E-state index in [-0.39, 0.29) is 5.91 Å². The van der Waals surface area contributed by atoms with Crippen molar-refractivity contribution in [1.29, 1.82) is 0 Å². The van der Waals surface area contributed by atoms with Gasteiger partial charge < -0.3 is 9.80 Å². The van der Waals surface area contributed by atoms with Crippen molar-refractivity contribution < 1.29 is 4.79 Å². The van der Waals surface area contributed by atoms with E-state index in [1.807, 2.05) is 23.1 Å². The number of hydrogen-bond donors (Lipinski definition) is 0. The summed E-state index contributed by atoms with van der Waals surface area (Å²) in [5.41, 5.74) is 2.36. The monoisotopic (exact) mass is 336 g/mol. The summed E-state index contributed by atoms with van der Waals surface area (Å²) in [6, 6.07) is 18.7. The highest BCUT2D eigenvalue weighted by molar-refractivity contribution is 7.21. The molecule has 0 atom stereocenters. The molecule has 4 heteroatoms. The molecule has 122 valence electrons. The van der Waals surface area contributed by atoms with Crippen molar-refractivity contribution in [2.45, 2.75) is 6.92 Å². The van der Waals surface area contributed by atoms with E-state index < -0.39 is 0 Å². The Morgan fingerprint density at radius 2 is 1.58 bits per heavy atom. The molecule has 0 unspecified atom stereocenters. The van der Waals surface area contributed by atoms with Crippen LogP contribution in [0.4, 0.5) is 5.69 Å². The maximum absolute atomic E-state index is 13.0. The van der Waals surface area contributed by atoms with Crippen LogP contribution in [0, 0.1) is 6.92 Å². The molecule has 0 radical (unpaired) electrons. The zero-order chi connectivity index (χ0) is 16.5. The van der Waals surface area contributed by atoms with Gasteiger partial charge in [-0.2, -0.15) is 0 Å². The van der Waals surface area contributed by atoms with E-state index in [0.29, 0.717) is 0 Å². The lowest BCUT2D eigenvalue weighted by Gasteiger charge is -2.36. The van der Waals surface area contributed by atoms with Crippen LogP contribution in [0.25, 0.3) is 10.1 Å². The highest BCUT2D eigenvalue weighted by atomic mass is 32.1. The SMILES string of the molecule is Cc1c(C(=O)N2CCN(c3ccccc3)CC2)sc2ccccc12. The molecule has 0 N–H and O–H groups in total. The number of amides is 1. The van der Waals surface area contributed by atoms with Crippen LogP contribution in [-0.4, -0.2) is 37.0 Å². The van der Waals surface area contributed by atoms with Crippen molar-refractivity contribution in [3.8, 4) is 0 Å². The number of rotatable bonds is 2. The number of carbonyl (C=O) groups excluding carboxylic acids is 1. The van der Waals surface area contributed by atoms with E-state index in [1.54, 1.807) is 11.3 Å². The van der Waals surface area contributed by atoms with Crippen LogP contribution in [0.2, 0.25) is 0 Å². The predicted octanol–water partition coefficient (Wildman–Crippen LogP) is 4.17. The molecule has 1 fully saturated rings. The van der Waals surface area contributed by atoms with Crippen LogP contribution < -0.4 is 4.90 Å². The van der Waals surface area contributed by atoms with Gasteiger partial charge in [-0.3, -0.25) is 4.79 Å². The van der Waals surface area contributed by atoms with Crippen molar-refractivity contribution in [3.63, 3.8) is 0 Å². The lowest BCUT2D eigenvalue weighted by molar-refractivity contribution is 0.0751. The molecule has 3 aromatic rings. The number of carbonyl (C=O) groups is 1. The summed E-state index contributed by atoms with van der Waals surface area (Å²) in [7, 11) is 0. The van der Waals surface area contributed by atoms with E-state index in [9.17, 15) is 4.79 Å². The van der Waals surface area contributed by atoms with Crippen LogP contribution in [0.5, 0.6) is 0 Å². The van der Waals surface area contributed by atoms with Crippen molar-refractivity contribution in [3.05, 3.63) is 65.0 Å². The Hall–Kier alpha value is -2.33. The minimum atomic E-state index is 0.182. The fourth-order valence-electron chi connectivity index (χ4n) is 3.33. The first-order valence-corrected chi connectivity index (χ1v) is 9.13. The predicted molar refractivity (Wildman–Crippen MR) is 101 cm³/mol. The molecule has 1 aromatic heterocycles.